The minimum absolute atomic E-state index is 0.0413. The van der Waals surface area contributed by atoms with Crippen LogP contribution in [0.1, 0.15) is 42.6 Å². The minimum atomic E-state index is -0.0413. The molecule has 1 saturated carbocycles. The van der Waals surface area contributed by atoms with Crippen LogP contribution in [0, 0.1) is 5.92 Å². The van der Waals surface area contributed by atoms with Gasteiger partial charge < -0.3 is 19.9 Å². The number of carbonyl (C=O) groups is 1. The van der Waals surface area contributed by atoms with E-state index in [2.05, 4.69) is 25.0 Å². The lowest BCUT2D eigenvalue weighted by atomic mass is 10.0. The number of amides is 1. The van der Waals surface area contributed by atoms with Crippen LogP contribution in [0.25, 0.3) is 0 Å². The Morgan fingerprint density at radius 3 is 2.70 bits per heavy atom. The van der Waals surface area contributed by atoms with Crippen molar-refractivity contribution in [3.05, 3.63) is 23.9 Å². The third kappa shape index (κ3) is 5.93. The van der Waals surface area contributed by atoms with Crippen LogP contribution in [0.5, 0.6) is 0 Å². The van der Waals surface area contributed by atoms with Gasteiger partial charge in [-0.2, -0.15) is 0 Å². The highest BCUT2D eigenvalue weighted by Crippen LogP contribution is 2.27. The van der Waals surface area contributed by atoms with Crippen LogP contribution < -0.4 is 10.2 Å². The summed E-state index contributed by atoms with van der Waals surface area (Å²) in [5.41, 5.74) is 0.540. The second kappa shape index (κ2) is 10.6. The molecule has 0 spiro atoms. The number of nitrogens with one attached hydrogen (secondary N) is 1. The van der Waals surface area contributed by atoms with Crippen LogP contribution in [-0.2, 0) is 4.74 Å². The van der Waals surface area contributed by atoms with Crippen molar-refractivity contribution in [2.24, 2.45) is 5.92 Å². The highest BCUT2D eigenvalue weighted by Gasteiger charge is 2.27. The second-order valence-electron chi connectivity index (χ2n) is 8.98. The van der Waals surface area contributed by atoms with Gasteiger partial charge in [-0.25, -0.2) is 4.98 Å². The SMILES string of the molecule is COCCN1CCC(N2CCCN(c3cccc(C(=O)NCC4CC4)n3)CC2)CC1. The van der Waals surface area contributed by atoms with E-state index < -0.39 is 0 Å². The molecule has 166 valence electrons. The zero-order valence-corrected chi connectivity index (χ0v) is 18.4. The van der Waals surface area contributed by atoms with Crippen molar-refractivity contribution in [1.29, 1.82) is 0 Å². The molecular formula is C23H37N5O2. The largest absolute Gasteiger partial charge is 0.383 e. The number of pyridine rings is 1. The van der Waals surface area contributed by atoms with E-state index in [-0.39, 0.29) is 5.91 Å². The number of carbonyl (C=O) groups excluding carboxylic acids is 1. The third-order valence-electron chi connectivity index (χ3n) is 6.75. The van der Waals surface area contributed by atoms with Gasteiger partial charge in [-0.05, 0) is 63.2 Å². The molecule has 1 N–H and O–H groups in total. The van der Waals surface area contributed by atoms with Gasteiger partial charge in [0.05, 0.1) is 6.61 Å². The molecule has 1 aromatic heterocycles. The Kier molecular flexibility index (Phi) is 7.57. The summed E-state index contributed by atoms with van der Waals surface area (Å²) < 4.78 is 5.22. The number of nitrogens with zero attached hydrogens (tertiary/aromatic N) is 4. The number of anilines is 1. The zero-order valence-electron chi connectivity index (χ0n) is 18.4. The van der Waals surface area contributed by atoms with E-state index in [4.69, 9.17) is 4.74 Å². The predicted molar refractivity (Wildman–Crippen MR) is 119 cm³/mol. The van der Waals surface area contributed by atoms with E-state index in [9.17, 15) is 4.79 Å². The fourth-order valence-corrected chi connectivity index (χ4v) is 4.64. The summed E-state index contributed by atoms with van der Waals surface area (Å²) >= 11 is 0. The van der Waals surface area contributed by atoms with Crippen LogP contribution >= 0.6 is 0 Å². The van der Waals surface area contributed by atoms with Gasteiger partial charge in [-0.3, -0.25) is 9.69 Å². The van der Waals surface area contributed by atoms with Crippen LogP contribution in [0.2, 0.25) is 0 Å². The number of likely N-dealkylation sites (tertiary alicyclic amines) is 1. The van der Waals surface area contributed by atoms with Crippen molar-refractivity contribution in [2.75, 3.05) is 71.0 Å². The highest BCUT2D eigenvalue weighted by molar-refractivity contribution is 5.92. The second-order valence-corrected chi connectivity index (χ2v) is 8.98. The summed E-state index contributed by atoms with van der Waals surface area (Å²) in [7, 11) is 1.78. The van der Waals surface area contributed by atoms with Crippen LogP contribution in [0.15, 0.2) is 18.2 Å². The summed E-state index contributed by atoms with van der Waals surface area (Å²) in [5.74, 6) is 1.58. The lowest BCUT2D eigenvalue weighted by Gasteiger charge is -2.38. The Labute approximate surface area is 180 Å². The van der Waals surface area contributed by atoms with E-state index >= 15 is 0 Å². The maximum Gasteiger partial charge on any atom is 0.269 e. The molecule has 0 atom stereocenters. The van der Waals surface area contributed by atoms with Gasteiger partial charge in [0.25, 0.3) is 5.91 Å². The maximum atomic E-state index is 12.4. The third-order valence-corrected chi connectivity index (χ3v) is 6.75. The average Bonchev–Trinajstić information content (AvgIpc) is 3.63. The number of hydrogen-bond acceptors (Lipinski definition) is 6. The highest BCUT2D eigenvalue weighted by atomic mass is 16.5. The van der Waals surface area contributed by atoms with E-state index in [0.717, 1.165) is 58.1 Å². The van der Waals surface area contributed by atoms with Gasteiger partial charge >= 0.3 is 0 Å². The number of ether oxygens (including phenoxy) is 1. The normalized spacial score (nSPS) is 22.1. The molecule has 0 bridgehead atoms. The first-order valence-electron chi connectivity index (χ1n) is 11.7. The van der Waals surface area contributed by atoms with Gasteiger partial charge in [0, 0.05) is 52.4 Å². The number of rotatable bonds is 8. The molecule has 4 rings (SSSR count). The van der Waals surface area contributed by atoms with Crippen molar-refractivity contribution in [1.82, 2.24) is 20.1 Å². The van der Waals surface area contributed by atoms with Crippen molar-refractivity contribution < 1.29 is 9.53 Å². The van der Waals surface area contributed by atoms with Crippen LogP contribution in [-0.4, -0.2) is 92.8 Å². The van der Waals surface area contributed by atoms with Crippen LogP contribution in [0.4, 0.5) is 5.82 Å². The maximum absolute atomic E-state index is 12.4. The average molecular weight is 416 g/mol. The molecule has 2 aliphatic heterocycles. The standard InChI is InChI=1S/C23H37N5O2/c1-30-17-16-26-12-8-20(9-13-26)27-10-3-11-28(15-14-27)22-5-2-4-21(25-22)23(29)24-18-19-6-7-19/h2,4-5,19-20H,3,6-18H2,1H3,(H,24,29). The Balaban J connectivity index is 1.28. The molecule has 7 heteroatoms. The first-order chi connectivity index (χ1) is 14.7. The molecule has 3 aliphatic rings. The molecule has 2 saturated heterocycles. The summed E-state index contributed by atoms with van der Waals surface area (Å²) in [4.78, 5) is 24.7. The van der Waals surface area contributed by atoms with Gasteiger partial charge in [-0.1, -0.05) is 6.07 Å². The lowest BCUT2D eigenvalue weighted by Crippen LogP contribution is -2.46. The molecule has 3 fully saturated rings. The predicted octanol–water partition coefficient (Wildman–Crippen LogP) is 1.84. The zero-order chi connectivity index (χ0) is 20.8. The molecular weight excluding hydrogens is 378 g/mol. The van der Waals surface area contributed by atoms with Crippen molar-refractivity contribution >= 4 is 11.7 Å². The van der Waals surface area contributed by atoms with Gasteiger partial charge in [-0.15, -0.1) is 0 Å². The van der Waals surface area contributed by atoms with E-state index in [1.54, 1.807) is 7.11 Å². The Morgan fingerprint density at radius 2 is 1.93 bits per heavy atom. The Morgan fingerprint density at radius 1 is 1.10 bits per heavy atom. The van der Waals surface area contributed by atoms with E-state index in [0.29, 0.717) is 17.7 Å². The van der Waals surface area contributed by atoms with E-state index in [1.165, 1.54) is 38.8 Å². The summed E-state index contributed by atoms with van der Waals surface area (Å²) in [6.07, 6.45) is 6.12. The molecule has 3 heterocycles. The van der Waals surface area contributed by atoms with E-state index in [1.807, 2.05) is 18.2 Å². The summed E-state index contributed by atoms with van der Waals surface area (Å²) in [5, 5.41) is 3.03. The van der Waals surface area contributed by atoms with Crippen molar-refractivity contribution in [2.45, 2.75) is 38.1 Å². The minimum Gasteiger partial charge on any atom is -0.383 e. The molecule has 0 unspecified atom stereocenters. The molecule has 0 aromatic carbocycles. The number of piperidine rings is 1. The summed E-state index contributed by atoms with van der Waals surface area (Å²) in [6.45, 7) is 9.22. The fraction of sp³-hybridized carbons (Fsp3) is 0.739. The first-order valence-corrected chi connectivity index (χ1v) is 11.7. The fourth-order valence-electron chi connectivity index (χ4n) is 4.64. The van der Waals surface area contributed by atoms with Crippen LogP contribution in [0.3, 0.4) is 0 Å². The molecule has 30 heavy (non-hydrogen) atoms. The smallest absolute Gasteiger partial charge is 0.269 e. The first kappa shape index (κ1) is 21.5. The van der Waals surface area contributed by atoms with Gasteiger partial charge in [0.2, 0.25) is 0 Å². The Bertz CT molecular complexity index is 688. The molecule has 1 amide bonds. The quantitative estimate of drug-likeness (QED) is 0.699. The molecule has 1 aliphatic carbocycles. The molecule has 7 nitrogen and oxygen atoms in total. The topological polar surface area (TPSA) is 60.9 Å². The Hall–Kier alpha value is -1.70. The lowest BCUT2D eigenvalue weighted by molar-refractivity contribution is 0.0895. The molecule has 0 radical (unpaired) electrons. The number of hydrogen-bond donors (Lipinski definition) is 1. The monoisotopic (exact) mass is 415 g/mol. The molecule has 1 aromatic rings. The van der Waals surface area contributed by atoms with Crippen molar-refractivity contribution in [3.8, 4) is 0 Å². The van der Waals surface area contributed by atoms with Gasteiger partial charge in [0.15, 0.2) is 0 Å². The summed E-state index contributed by atoms with van der Waals surface area (Å²) in [6, 6.07) is 6.53. The number of aromatic nitrogens is 1. The van der Waals surface area contributed by atoms with Crippen molar-refractivity contribution in [3.63, 3.8) is 0 Å². The number of methoxy groups -OCH3 is 1. The van der Waals surface area contributed by atoms with Gasteiger partial charge in [0.1, 0.15) is 11.5 Å².